The molecule has 9 heteroatoms. The third-order valence-electron chi connectivity index (χ3n) is 2.50. The summed E-state index contributed by atoms with van der Waals surface area (Å²) in [6, 6.07) is 8.64. The molecule has 1 aromatic heterocycles. The summed E-state index contributed by atoms with van der Waals surface area (Å²) in [5, 5.41) is 0. The van der Waals surface area contributed by atoms with Gasteiger partial charge >= 0.3 is 6.18 Å². The highest BCUT2D eigenvalue weighted by Crippen LogP contribution is 2.30. The van der Waals surface area contributed by atoms with E-state index in [2.05, 4.69) is 9.46 Å². The highest BCUT2D eigenvalue weighted by atomic mass is 32.2. The Hall–Kier alpha value is -1.74. The molecule has 0 bridgehead atoms. The maximum absolute atomic E-state index is 12.2. The molecule has 22 heavy (non-hydrogen) atoms. The predicted molar refractivity (Wildman–Crippen MR) is 77.9 cm³/mol. The summed E-state index contributed by atoms with van der Waals surface area (Å²) >= 11 is 1.07. The zero-order valence-corrected chi connectivity index (χ0v) is 13.0. The van der Waals surface area contributed by atoms with Crippen molar-refractivity contribution in [2.45, 2.75) is 17.3 Å². The Morgan fingerprint density at radius 2 is 1.86 bits per heavy atom. The van der Waals surface area contributed by atoms with Crippen LogP contribution < -0.4 is 9.46 Å². The lowest BCUT2D eigenvalue weighted by Crippen LogP contribution is -2.20. The predicted octanol–water partition coefficient (Wildman–Crippen LogP) is 3.80. The lowest BCUT2D eigenvalue weighted by molar-refractivity contribution is -0.153. The molecule has 0 unspecified atom stereocenters. The van der Waals surface area contributed by atoms with Crippen molar-refractivity contribution in [2.75, 3.05) is 11.3 Å². The van der Waals surface area contributed by atoms with Crippen molar-refractivity contribution in [3.8, 4) is 5.75 Å². The number of sulfonamides is 1. The Balaban J connectivity index is 2.23. The molecule has 120 valence electrons. The molecule has 4 nitrogen and oxygen atoms in total. The summed E-state index contributed by atoms with van der Waals surface area (Å²) in [5.41, 5.74) is -0.0437. The number of alkyl halides is 3. The number of hydrogen-bond donors (Lipinski definition) is 1. The van der Waals surface area contributed by atoms with Crippen LogP contribution in [0.25, 0.3) is 0 Å². The second-order valence-electron chi connectivity index (χ2n) is 4.37. The number of nitrogens with one attached hydrogen (secondary N) is 1. The van der Waals surface area contributed by atoms with Crippen LogP contribution in [0, 0.1) is 6.92 Å². The van der Waals surface area contributed by atoms with Gasteiger partial charge in [0, 0.05) is 4.88 Å². The van der Waals surface area contributed by atoms with Crippen LogP contribution in [0.1, 0.15) is 4.88 Å². The van der Waals surface area contributed by atoms with Crippen LogP contribution in [-0.2, 0) is 10.0 Å². The summed E-state index contributed by atoms with van der Waals surface area (Å²) in [4.78, 5) is 0.807. The Morgan fingerprint density at radius 3 is 2.45 bits per heavy atom. The lowest BCUT2D eigenvalue weighted by atomic mass is 10.3. The number of para-hydroxylation sites is 2. The van der Waals surface area contributed by atoms with Gasteiger partial charge < -0.3 is 4.74 Å². The molecular weight excluding hydrogens is 339 g/mol. The number of hydrogen-bond acceptors (Lipinski definition) is 4. The standard InChI is InChI=1S/C13H12F3NO3S2/c1-9-6-7-12(21-9)22(18,19)17-10-4-2-3-5-11(10)20-8-13(14,15)16/h2-7,17H,8H2,1H3. The number of rotatable bonds is 5. The molecule has 0 fully saturated rings. The number of benzene rings is 1. The van der Waals surface area contributed by atoms with Crippen LogP contribution in [0.4, 0.5) is 18.9 Å². The van der Waals surface area contributed by atoms with Crippen molar-refractivity contribution >= 4 is 27.0 Å². The van der Waals surface area contributed by atoms with Gasteiger partial charge in [-0.1, -0.05) is 12.1 Å². The van der Waals surface area contributed by atoms with Crippen LogP contribution in [0.2, 0.25) is 0 Å². The molecule has 2 rings (SSSR count). The molecule has 0 aliphatic carbocycles. The molecule has 0 atom stereocenters. The largest absolute Gasteiger partial charge is 0.482 e. The van der Waals surface area contributed by atoms with E-state index in [-0.39, 0.29) is 15.6 Å². The van der Waals surface area contributed by atoms with Crippen molar-refractivity contribution < 1.29 is 26.3 Å². The van der Waals surface area contributed by atoms with Gasteiger partial charge in [-0.15, -0.1) is 11.3 Å². The van der Waals surface area contributed by atoms with Crippen LogP contribution in [0.5, 0.6) is 5.75 Å². The van der Waals surface area contributed by atoms with Gasteiger partial charge in [0.25, 0.3) is 10.0 Å². The Bertz CT molecular complexity index is 754. The molecule has 0 spiro atoms. The summed E-state index contributed by atoms with van der Waals surface area (Å²) in [6.07, 6.45) is -4.50. The van der Waals surface area contributed by atoms with Gasteiger partial charge in [0.15, 0.2) is 6.61 Å². The van der Waals surface area contributed by atoms with E-state index in [4.69, 9.17) is 0 Å². The molecule has 1 heterocycles. The van der Waals surface area contributed by atoms with E-state index in [9.17, 15) is 21.6 Å². The monoisotopic (exact) mass is 351 g/mol. The van der Waals surface area contributed by atoms with E-state index in [1.807, 2.05) is 0 Å². The Morgan fingerprint density at radius 1 is 1.18 bits per heavy atom. The molecule has 0 saturated carbocycles. The first-order valence-corrected chi connectivity index (χ1v) is 8.35. The quantitative estimate of drug-likeness (QED) is 0.891. The minimum Gasteiger partial charge on any atom is -0.482 e. The van der Waals surface area contributed by atoms with Gasteiger partial charge in [0.05, 0.1) is 5.69 Å². The van der Waals surface area contributed by atoms with Crippen molar-refractivity contribution in [3.05, 3.63) is 41.3 Å². The maximum atomic E-state index is 12.2. The first-order valence-electron chi connectivity index (χ1n) is 6.05. The SMILES string of the molecule is Cc1ccc(S(=O)(=O)Nc2ccccc2OCC(F)(F)F)s1. The van der Waals surface area contributed by atoms with E-state index in [1.165, 1.54) is 30.3 Å². The first kappa shape index (κ1) is 16.6. The number of ether oxygens (including phenoxy) is 1. The van der Waals surface area contributed by atoms with Crippen LogP contribution in [-0.4, -0.2) is 21.2 Å². The number of anilines is 1. The third kappa shape index (κ3) is 4.38. The highest BCUT2D eigenvalue weighted by molar-refractivity contribution is 7.94. The molecule has 0 radical (unpaired) electrons. The minimum absolute atomic E-state index is 0.0437. The van der Waals surface area contributed by atoms with Crippen molar-refractivity contribution in [2.24, 2.45) is 0 Å². The average molecular weight is 351 g/mol. The van der Waals surface area contributed by atoms with Gasteiger partial charge in [-0.3, -0.25) is 4.72 Å². The van der Waals surface area contributed by atoms with Gasteiger partial charge in [0.1, 0.15) is 9.96 Å². The third-order valence-corrected chi connectivity index (χ3v) is 5.36. The van der Waals surface area contributed by atoms with E-state index in [0.717, 1.165) is 16.2 Å². The molecular formula is C13H12F3NO3S2. The summed E-state index contributed by atoms with van der Waals surface area (Å²) in [7, 11) is -3.86. The van der Waals surface area contributed by atoms with Gasteiger partial charge in [-0.2, -0.15) is 13.2 Å². The smallest absolute Gasteiger partial charge is 0.422 e. The van der Waals surface area contributed by atoms with Gasteiger partial charge in [0.2, 0.25) is 0 Å². The molecule has 1 aromatic carbocycles. The fourth-order valence-electron chi connectivity index (χ4n) is 1.59. The van der Waals surface area contributed by atoms with E-state index >= 15 is 0 Å². The fraction of sp³-hybridized carbons (Fsp3) is 0.231. The van der Waals surface area contributed by atoms with E-state index < -0.39 is 22.8 Å². The molecule has 0 aliphatic rings. The topological polar surface area (TPSA) is 55.4 Å². The summed E-state index contributed by atoms with van der Waals surface area (Å²) < 4.78 is 68.0. The fourth-order valence-corrected chi connectivity index (χ4v) is 3.94. The van der Waals surface area contributed by atoms with Gasteiger partial charge in [-0.05, 0) is 31.2 Å². The molecule has 1 N–H and O–H groups in total. The second-order valence-corrected chi connectivity index (χ2v) is 7.57. The van der Waals surface area contributed by atoms with E-state index in [1.54, 1.807) is 13.0 Å². The normalized spacial score (nSPS) is 12.2. The van der Waals surface area contributed by atoms with Crippen molar-refractivity contribution in [3.63, 3.8) is 0 Å². The molecule has 0 saturated heterocycles. The number of halogens is 3. The minimum atomic E-state index is -4.50. The second kappa shape index (κ2) is 6.17. The average Bonchev–Trinajstić information content (AvgIpc) is 2.84. The van der Waals surface area contributed by atoms with Crippen molar-refractivity contribution in [1.29, 1.82) is 0 Å². The summed E-state index contributed by atoms with van der Waals surface area (Å²) in [6.45, 7) is 0.258. The Labute approximate surface area is 129 Å². The van der Waals surface area contributed by atoms with Crippen molar-refractivity contribution in [1.82, 2.24) is 0 Å². The van der Waals surface area contributed by atoms with Crippen LogP contribution in [0.3, 0.4) is 0 Å². The van der Waals surface area contributed by atoms with Gasteiger partial charge in [-0.25, -0.2) is 8.42 Å². The van der Waals surface area contributed by atoms with Crippen LogP contribution in [0.15, 0.2) is 40.6 Å². The summed E-state index contributed by atoms with van der Waals surface area (Å²) in [5.74, 6) is -0.184. The number of thiophene rings is 1. The molecule has 2 aromatic rings. The van der Waals surface area contributed by atoms with E-state index in [0.29, 0.717) is 0 Å². The molecule has 0 amide bonds. The maximum Gasteiger partial charge on any atom is 0.422 e. The zero-order chi connectivity index (χ0) is 16.4. The number of aryl methyl sites for hydroxylation is 1. The Kier molecular flexibility index (Phi) is 4.66. The first-order chi connectivity index (χ1) is 10.2. The lowest BCUT2D eigenvalue weighted by Gasteiger charge is -2.14. The highest BCUT2D eigenvalue weighted by Gasteiger charge is 2.29. The van der Waals surface area contributed by atoms with Crippen LogP contribution >= 0.6 is 11.3 Å². The molecule has 0 aliphatic heterocycles. The zero-order valence-electron chi connectivity index (χ0n) is 11.3.